The van der Waals surface area contributed by atoms with Crippen LogP contribution < -0.4 is 21.7 Å². The molecule has 15 heteroatoms. The number of aliphatic hydroxyl groups is 1. The van der Waals surface area contributed by atoms with Crippen LogP contribution in [0.1, 0.15) is 17.7 Å². The summed E-state index contributed by atoms with van der Waals surface area (Å²) < 4.78 is 0. The summed E-state index contributed by atoms with van der Waals surface area (Å²) in [6.07, 6.45) is 3.57. The number of carbonyl (C=O) groups excluding carboxylic acids is 3. The number of amides is 3. The number of nitrogens with one attached hydrogen (secondary N) is 5. The molecule has 4 unspecified atom stereocenters. The smallest absolute Gasteiger partial charge is 0.326 e. The molecule has 15 nitrogen and oxygen atoms in total. The molecule has 3 aromatic rings. The Bertz CT molecular complexity index is 1320. The van der Waals surface area contributed by atoms with Gasteiger partial charge < -0.3 is 47.0 Å². The molecule has 10 N–H and O–H groups in total. The Balaban J connectivity index is 1.77. The highest BCUT2D eigenvalue weighted by Crippen LogP contribution is 2.19. The first-order valence-electron chi connectivity index (χ1n) is 11.8. The summed E-state index contributed by atoms with van der Waals surface area (Å²) >= 11 is 0. The van der Waals surface area contributed by atoms with Crippen molar-refractivity contribution in [2.45, 2.75) is 43.4 Å². The van der Waals surface area contributed by atoms with Crippen molar-refractivity contribution in [3.8, 4) is 0 Å². The lowest BCUT2D eigenvalue weighted by Crippen LogP contribution is -2.58. The van der Waals surface area contributed by atoms with E-state index in [1.807, 2.05) is 0 Å². The van der Waals surface area contributed by atoms with Crippen LogP contribution in [0.3, 0.4) is 0 Å². The Morgan fingerprint density at radius 2 is 1.56 bits per heavy atom. The van der Waals surface area contributed by atoms with Gasteiger partial charge in [0.1, 0.15) is 18.1 Å². The van der Waals surface area contributed by atoms with Gasteiger partial charge in [0, 0.05) is 41.8 Å². The van der Waals surface area contributed by atoms with Crippen molar-refractivity contribution in [1.29, 1.82) is 0 Å². The van der Waals surface area contributed by atoms with Crippen LogP contribution in [0.2, 0.25) is 0 Å². The van der Waals surface area contributed by atoms with E-state index in [-0.39, 0.29) is 12.8 Å². The zero-order chi connectivity index (χ0) is 28.5. The molecule has 2 heterocycles. The van der Waals surface area contributed by atoms with Gasteiger partial charge in [-0.3, -0.25) is 19.2 Å². The lowest BCUT2D eigenvalue weighted by Gasteiger charge is -2.24. The number of nitrogens with two attached hydrogens (primary N) is 1. The predicted molar refractivity (Wildman–Crippen MR) is 135 cm³/mol. The Morgan fingerprint density at radius 1 is 0.897 bits per heavy atom. The average molecular weight is 544 g/mol. The third-order valence-corrected chi connectivity index (χ3v) is 5.87. The SMILES string of the molecule is NC(Cc1cnc[nH]1)C(=O)NC(CO)C(=O)NC(Cc1c[nH]c2ccccc12)C(=O)NC(CC(=O)O)C(=O)O. The van der Waals surface area contributed by atoms with Gasteiger partial charge in [0.15, 0.2) is 0 Å². The van der Waals surface area contributed by atoms with E-state index in [1.54, 1.807) is 30.5 Å². The third kappa shape index (κ3) is 7.86. The highest BCUT2D eigenvalue weighted by molar-refractivity contribution is 5.95. The monoisotopic (exact) mass is 543 g/mol. The van der Waals surface area contributed by atoms with Gasteiger partial charge in [-0.1, -0.05) is 18.2 Å². The van der Waals surface area contributed by atoms with Crippen molar-refractivity contribution < 1.29 is 39.3 Å². The number of aliphatic hydroxyl groups excluding tert-OH is 1. The van der Waals surface area contributed by atoms with Gasteiger partial charge in [-0.25, -0.2) is 9.78 Å². The number of para-hydroxylation sites is 1. The Morgan fingerprint density at radius 3 is 2.21 bits per heavy atom. The van der Waals surface area contributed by atoms with Gasteiger partial charge in [0.2, 0.25) is 17.7 Å². The lowest BCUT2D eigenvalue weighted by molar-refractivity contribution is -0.147. The molecular weight excluding hydrogens is 514 g/mol. The highest BCUT2D eigenvalue weighted by atomic mass is 16.4. The third-order valence-electron chi connectivity index (χ3n) is 5.87. The molecule has 3 rings (SSSR count). The maximum atomic E-state index is 13.1. The number of aromatic amines is 2. The summed E-state index contributed by atoms with van der Waals surface area (Å²) in [5.41, 5.74) is 7.81. The second kappa shape index (κ2) is 13.2. The fraction of sp³-hybridized carbons (Fsp3) is 0.333. The van der Waals surface area contributed by atoms with Gasteiger partial charge in [-0.05, 0) is 11.6 Å². The van der Waals surface area contributed by atoms with Crippen LogP contribution in [0.25, 0.3) is 10.9 Å². The fourth-order valence-corrected chi connectivity index (χ4v) is 3.85. The summed E-state index contributed by atoms with van der Waals surface area (Å²) in [7, 11) is 0. The van der Waals surface area contributed by atoms with E-state index in [9.17, 15) is 34.2 Å². The fourth-order valence-electron chi connectivity index (χ4n) is 3.85. The molecule has 3 amide bonds. The van der Waals surface area contributed by atoms with Crippen LogP contribution in [-0.2, 0) is 36.8 Å². The maximum Gasteiger partial charge on any atom is 0.326 e. The summed E-state index contributed by atoms with van der Waals surface area (Å²) in [4.78, 5) is 70.8. The first-order valence-corrected chi connectivity index (χ1v) is 11.8. The lowest BCUT2D eigenvalue weighted by atomic mass is 10.0. The van der Waals surface area contributed by atoms with Crippen molar-refractivity contribution in [3.05, 3.63) is 54.2 Å². The minimum absolute atomic E-state index is 0.0807. The molecule has 0 saturated heterocycles. The van der Waals surface area contributed by atoms with Crippen molar-refractivity contribution >= 4 is 40.6 Å². The first-order chi connectivity index (χ1) is 18.6. The molecule has 39 heavy (non-hydrogen) atoms. The molecule has 0 saturated carbocycles. The molecule has 208 valence electrons. The second-order valence-corrected chi connectivity index (χ2v) is 8.75. The molecule has 1 aromatic carbocycles. The molecule has 0 aliphatic rings. The minimum Gasteiger partial charge on any atom is -0.481 e. The first kappa shape index (κ1) is 28.8. The van der Waals surface area contributed by atoms with Crippen LogP contribution in [-0.4, -0.2) is 90.7 Å². The molecular formula is C24H29N7O8. The molecule has 2 aromatic heterocycles. The van der Waals surface area contributed by atoms with Gasteiger partial charge in [0.05, 0.1) is 25.4 Å². The minimum atomic E-state index is -1.76. The van der Waals surface area contributed by atoms with Crippen LogP contribution >= 0.6 is 0 Å². The molecule has 0 spiro atoms. The van der Waals surface area contributed by atoms with Crippen molar-refractivity contribution in [3.63, 3.8) is 0 Å². The summed E-state index contributed by atoms with van der Waals surface area (Å²) in [6.45, 7) is -0.827. The number of aromatic nitrogens is 3. The standard InChI is InChI=1S/C24H29N7O8/c25-15(6-13-9-26-11-28-13)21(35)31-19(10-32)23(37)29-17(22(36)30-18(24(38)39)7-20(33)34)5-12-8-27-16-4-2-1-3-14(12)16/h1-4,8-9,11,15,17-19,27,32H,5-7,10,25H2,(H,26,28)(H,29,37)(H,30,36)(H,31,35)(H,33,34)(H,38,39). The molecule has 0 aliphatic heterocycles. The molecule has 0 radical (unpaired) electrons. The number of carboxylic acid groups (broad SMARTS) is 2. The topological polar surface area (TPSA) is 253 Å². The number of fused-ring (bicyclic) bond motifs is 1. The number of imidazole rings is 1. The number of hydrogen-bond acceptors (Lipinski definition) is 8. The second-order valence-electron chi connectivity index (χ2n) is 8.75. The Kier molecular flexibility index (Phi) is 9.72. The van der Waals surface area contributed by atoms with E-state index in [0.29, 0.717) is 11.3 Å². The number of H-pyrrole nitrogens is 2. The van der Waals surface area contributed by atoms with E-state index in [1.165, 1.54) is 12.5 Å². The number of hydrogen-bond donors (Lipinski definition) is 9. The Hall–Kier alpha value is -4.76. The number of nitrogens with zero attached hydrogens (tertiary/aromatic N) is 1. The number of carboxylic acids is 2. The number of benzene rings is 1. The summed E-state index contributed by atoms with van der Waals surface area (Å²) in [6, 6.07) is 1.42. The highest BCUT2D eigenvalue weighted by Gasteiger charge is 2.31. The molecule has 0 aliphatic carbocycles. The average Bonchev–Trinajstić information content (AvgIpc) is 3.55. The van der Waals surface area contributed by atoms with E-state index in [0.717, 1.165) is 10.9 Å². The van der Waals surface area contributed by atoms with Crippen molar-refractivity contribution in [1.82, 2.24) is 30.9 Å². The number of rotatable bonds is 14. The molecule has 0 fully saturated rings. The zero-order valence-electron chi connectivity index (χ0n) is 20.6. The van der Waals surface area contributed by atoms with Crippen LogP contribution in [0.4, 0.5) is 0 Å². The van der Waals surface area contributed by atoms with E-state index in [2.05, 4.69) is 30.9 Å². The largest absolute Gasteiger partial charge is 0.481 e. The van der Waals surface area contributed by atoms with Crippen LogP contribution in [0.15, 0.2) is 43.0 Å². The van der Waals surface area contributed by atoms with Crippen molar-refractivity contribution in [2.75, 3.05) is 6.61 Å². The quantitative estimate of drug-likeness (QED) is 0.108. The van der Waals surface area contributed by atoms with Gasteiger partial charge >= 0.3 is 11.9 Å². The van der Waals surface area contributed by atoms with Gasteiger partial charge in [0.25, 0.3) is 0 Å². The van der Waals surface area contributed by atoms with E-state index >= 15 is 0 Å². The molecule has 4 atom stereocenters. The zero-order valence-corrected chi connectivity index (χ0v) is 20.6. The molecule has 0 bridgehead atoms. The Labute approximate surface area is 221 Å². The van der Waals surface area contributed by atoms with E-state index < -0.39 is 66.9 Å². The van der Waals surface area contributed by atoms with Crippen molar-refractivity contribution in [2.24, 2.45) is 5.73 Å². The maximum absolute atomic E-state index is 13.1. The van der Waals surface area contributed by atoms with E-state index in [4.69, 9.17) is 10.8 Å². The predicted octanol–water partition coefficient (Wildman–Crippen LogP) is -1.99. The van der Waals surface area contributed by atoms with Crippen LogP contribution in [0.5, 0.6) is 0 Å². The summed E-state index contributed by atoms with van der Waals surface area (Å²) in [5, 5.41) is 35.7. The summed E-state index contributed by atoms with van der Waals surface area (Å²) in [5.74, 6) is -5.68. The number of aliphatic carboxylic acids is 2. The number of carbonyl (C=O) groups is 5. The van der Waals surface area contributed by atoms with Gasteiger partial charge in [-0.2, -0.15) is 0 Å². The van der Waals surface area contributed by atoms with Crippen LogP contribution in [0, 0.1) is 0 Å². The normalized spacial score (nSPS) is 14.1. The van der Waals surface area contributed by atoms with Gasteiger partial charge in [-0.15, -0.1) is 0 Å².